The van der Waals surface area contributed by atoms with Crippen molar-refractivity contribution in [3.05, 3.63) is 0 Å². The molecule has 56 valence electrons. The molecule has 0 fully saturated rings. The largest absolute Gasteiger partial charge is 0.307 e. The summed E-state index contributed by atoms with van der Waals surface area (Å²) in [6.07, 6.45) is 2.68. The summed E-state index contributed by atoms with van der Waals surface area (Å²) in [6, 6.07) is 0.750. The maximum absolute atomic E-state index is 2.43. The minimum atomic E-state index is 0.750. The summed E-state index contributed by atoms with van der Waals surface area (Å²) < 4.78 is 1.29. The van der Waals surface area contributed by atoms with E-state index in [9.17, 15) is 0 Å². The molecule has 0 aliphatic rings. The van der Waals surface area contributed by atoms with Gasteiger partial charge in [0.15, 0.2) is 0 Å². The van der Waals surface area contributed by atoms with Gasteiger partial charge in [0.2, 0.25) is 0 Å². The zero-order valence-corrected chi connectivity index (χ0v) is 8.68. The molecule has 0 saturated carbocycles. The van der Waals surface area contributed by atoms with Crippen LogP contribution < -0.4 is 0 Å². The molecule has 0 saturated heterocycles. The van der Waals surface area contributed by atoms with Gasteiger partial charge in [-0.1, -0.05) is 22.6 Å². The Morgan fingerprint density at radius 3 is 2.33 bits per heavy atom. The Labute approximate surface area is 72.0 Å². The summed E-state index contributed by atoms with van der Waals surface area (Å²) in [4.78, 5) is 2.27. The predicted octanol–water partition coefficient (Wildman–Crippen LogP) is 2.15. The lowest BCUT2D eigenvalue weighted by atomic mass is 10.2. The summed E-state index contributed by atoms with van der Waals surface area (Å²) >= 11 is 2.43. The van der Waals surface area contributed by atoms with Crippen LogP contribution in [0.5, 0.6) is 0 Å². The Kier molecular flexibility index (Phi) is 5.89. The fourth-order valence-electron chi connectivity index (χ4n) is 0.631. The van der Waals surface area contributed by atoms with Crippen molar-refractivity contribution in [1.82, 2.24) is 4.90 Å². The molecule has 2 heteroatoms. The number of halogens is 1. The smallest absolute Gasteiger partial charge is 0.00611 e. The number of hydrogen-bond donors (Lipinski definition) is 0. The van der Waals surface area contributed by atoms with Crippen molar-refractivity contribution in [2.75, 3.05) is 18.5 Å². The topological polar surface area (TPSA) is 3.24 Å². The van der Waals surface area contributed by atoms with Gasteiger partial charge < -0.3 is 4.90 Å². The second-order valence-corrected chi connectivity index (χ2v) is 3.72. The van der Waals surface area contributed by atoms with Crippen molar-refractivity contribution < 1.29 is 0 Å². The normalized spacial score (nSPS) is 14.3. The summed E-state index contributed by atoms with van der Waals surface area (Å²) in [7, 11) is 4.27. The molecule has 0 aromatic rings. The summed E-state index contributed by atoms with van der Waals surface area (Å²) in [5.74, 6) is 0. The highest BCUT2D eigenvalue weighted by Crippen LogP contribution is 2.03. The van der Waals surface area contributed by atoms with Gasteiger partial charge in [-0.15, -0.1) is 0 Å². The molecule has 0 amide bonds. The second kappa shape index (κ2) is 5.47. The Morgan fingerprint density at radius 1 is 1.44 bits per heavy atom. The molecule has 0 N–H and O–H groups in total. The van der Waals surface area contributed by atoms with Crippen molar-refractivity contribution in [3.8, 4) is 0 Å². The van der Waals surface area contributed by atoms with Gasteiger partial charge in [-0.2, -0.15) is 0 Å². The van der Waals surface area contributed by atoms with Crippen molar-refractivity contribution in [2.24, 2.45) is 0 Å². The quantitative estimate of drug-likeness (QED) is 0.538. The van der Waals surface area contributed by atoms with Crippen molar-refractivity contribution in [2.45, 2.75) is 25.8 Å². The molecule has 0 aromatic carbocycles. The lowest BCUT2D eigenvalue weighted by molar-refractivity contribution is 0.298. The van der Waals surface area contributed by atoms with E-state index in [2.05, 4.69) is 48.5 Å². The van der Waals surface area contributed by atoms with E-state index >= 15 is 0 Å². The predicted molar refractivity (Wildman–Crippen MR) is 51.3 cm³/mol. The van der Waals surface area contributed by atoms with Crippen LogP contribution in [0.1, 0.15) is 19.8 Å². The summed E-state index contributed by atoms with van der Waals surface area (Å²) in [5.41, 5.74) is 0. The Morgan fingerprint density at radius 2 is 2.00 bits per heavy atom. The zero-order chi connectivity index (χ0) is 7.28. The monoisotopic (exact) mass is 241 g/mol. The van der Waals surface area contributed by atoms with Gasteiger partial charge in [0.05, 0.1) is 0 Å². The molecule has 1 nitrogen and oxygen atoms in total. The van der Waals surface area contributed by atoms with Gasteiger partial charge in [0.1, 0.15) is 0 Å². The van der Waals surface area contributed by atoms with Gasteiger partial charge in [-0.25, -0.2) is 0 Å². The molecule has 0 aliphatic carbocycles. The highest BCUT2D eigenvalue weighted by atomic mass is 127. The van der Waals surface area contributed by atoms with E-state index in [0.717, 1.165) is 6.04 Å². The molecule has 0 radical (unpaired) electrons. The van der Waals surface area contributed by atoms with E-state index in [-0.39, 0.29) is 0 Å². The van der Waals surface area contributed by atoms with E-state index < -0.39 is 0 Å². The molecule has 0 bridgehead atoms. The number of hydrogen-bond acceptors (Lipinski definition) is 1. The van der Waals surface area contributed by atoms with Crippen LogP contribution in [0.4, 0.5) is 0 Å². The third kappa shape index (κ3) is 5.15. The van der Waals surface area contributed by atoms with Crippen LogP contribution in [0.2, 0.25) is 0 Å². The molecule has 1 atom stereocenters. The fourth-order valence-corrected chi connectivity index (χ4v) is 1.07. The van der Waals surface area contributed by atoms with Crippen LogP contribution in [0.15, 0.2) is 0 Å². The van der Waals surface area contributed by atoms with Gasteiger partial charge in [-0.3, -0.25) is 0 Å². The van der Waals surface area contributed by atoms with Crippen molar-refractivity contribution >= 4 is 22.6 Å². The maximum Gasteiger partial charge on any atom is 0.00611 e. The lowest BCUT2D eigenvalue weighted by Crippen LogP contribution is -2.24. The first kappa shape index (κ1) is 9.69. The van der Waals surface area contributed by atoms with Crippen LogP contribution in [-0.4, -0.2) is 29.5 Å². The van der Waals surface area contributed by atoms with Crippen LogP contribution >= 0.6 is 22.6 Å². The molecular formula is C7H16IN. The number of nitrogens with zero attached hydrogens (tertiary/aromatic N) is 1. The van der Waals surface area contributed by atoms with Crippen LogP contribution in [0.3, 0.4) is 0 Å². The Hall–Kier alpha value is 0.690. The molecule has 0 rings (SSSR count). The number of alkyl halides is 1. The van der Waals surface area contributed by atoms with Crippen LogP contribution in [0.25, 0.3) is 0 Å². The van der Waals surface area contributed by atoms with Crippen molar-refractivity contribution in [1.29, 1.82) is 0 Å². The van der Waals surface area contributed by atoms with E-state index in [4.69, 9.17) is 0 Å². The van der Waals surface area contributed by atoms with Crippen LogP contribution in [0, 0.1) is 0 Å². The molecule has 0 heterocycles. The van der Waals surface area contributed by atoms with E-state index in [0.29, 0.717) is 0 Å². The average Bonchev–Trinajstić information content (AvgIpc) is 1.82. The molecule has 0 aromatic heterocycles. The van der Waals surface area contributed by atoms with Gasteiger partial charge in [0.25, 0.3) is 0 Å². The zero-order valence-electron chi connectivity index (χ0n) is 6.52. The highest BCUT2D eigenvalue weighted by molar-refractivity contribution is 14.1. The minimum absolute atomic E-state index is 0.750. The first-order valence-electron chi connectivity index (χ1n) is 3.41. The standard InChI is InChI=1S/C7H16IN/c1-7(9(2)3)5-4-6-8/h7H,4-6H2,1-3H3/t7-/m1/s1. The number of rotatable bonds is 4. The summed E-state index contributed by atoms with van der Waals surface area (Å²) in [6.45, 7) is 2.27. The van der Waals surface area contributed by atoms with E-state index in [1.807, 2.05) is 0 Å². The van der Waals surface area contributed by atoms with Crippen molar-refractivity contribution in [3.63, 3.8) is 0 Å². The first-order valence-corrected chi connectivity index (χ1v) is 4.93. The van der Waals surface area contributed by atoms with Gasteiger partial charge in [-0.05, 0) is 38.3 Å². The van der Waals surface area contributed by atoms with Crippen LogP contribution in [-0.2, 0) is 0 Å². The van der Waals surface area contributed by atoms with E-state index in [1.54, 1.807) is 0 Å². The third-order valence-corrected chi connectivity index (χ3v) is 2.40. The average molecular weight is 241 g/mol. The third-order valence-electron chi connectivity index (χ3n) is 1.64. The molecule has 0 aliphatic heterocycles. The first-order chi connectivity index (χ1) is 4.18. The second-order valence-electron chi connectivity index (χ2n) is 2.64. The SMILES string of the molecule is C[C@H](CCCI)N(C)C. The Balaban J connectivity index is 3.16. The molecular weight excluding hydrogens is 225 g/mol. The van der Waals surface area contributed by atoms with E-state index in [1.165, 1.54) is 17.3 Å². The highest BCUT2D eigenvalue weighted by Gasteiger charge is 2.01. The Bertz CT molecular complexity index is 63.9. The van der Waals surface area contributed by atoms with Gasteiger partial charge >= 0.3 is 0 Å². The minimum Gasteiger partial charge on any atom is -0.307 e. The summed E-state index contributed by atoms with van der Waals surface area (Å²) in [5, 5.41) is 0. The molecule has 9 heavy (non-hydrogen) atoms. The maximum atomic E-state index is 2.43. The molecule has 0 spiro atoms. The lowest BCUT2D eigenvalue weighted by Gasteiger charge is -2.18. The van der Waals surface area contributed by atoms with Gasteiger partial charge in [0, 0.05) is 6.04 Å². The fraction of sp³-hybridized carbons (Fsp3) is 1.00. The molecule has 0 unspecified atom stereocenters.